The molecule has 11 nitrogen and oxygen atoms in total. The van der Waals surface area contributed by atoms with Gasteiger partial charge >= 0.3 is 11.9 Å². The highest BCUT2D eigenvalue weighted by Crippen LogP contribution is 2.45. The second-order valence-corrected chi connectivity index (χ2v) is 10.8. The van der Waals surface area contributed by atoms with Crippen molar-refractivity contribution in [1.29, 1.82) is 5.26 Å². The van der Waals surface area contributed by atoms with E-state index in [0.29, 0.717) is 13.2 Å². The molecule has 5 rings (SSSR count). The zero-order chi connectivity index (χ0) is 29.9. The van der Waals surface area contributed by atoms with Crippen molar-refractivity contribution in [3.8, 4) is 11.8 Å². The number of hydrogen-bond donors (Lipinski definition) is 4. The van der Waals surface area contributed by atoms with Crippen molar-refractivity contribution in [3.63, 3.8) is 0 Å². The minimum atomic E-state index is -2.27. The van der Waals surface area contributed by atoms with Gasteiger partial charge in [0.2, 0.25) is 0 Å². The maximum atomic E-state index is 14.4. The number of nitrogens with zero attached hydrogens (tertiary/aromatic N) is 4. The van der Waals surface area contributed by atoms with Gasteiger partial charge in [0, 0.05) is 36.3 Å². The van der Waals surface area contributed by atoms with Crippen molar-refractivity contribution in [2.45, 2.75) is 50.5 Å². The van der Waals surface area contributed by atoms with Gasteiger partial charge in [-0.1, -0.05) is 6.07 Å². The van der Waals surface area contributed by atoms with Gasteiger partial charge in [0.25, 0.3) is 0 Å². The maximum absolute atomic E-state index is 14.4. The van der Waals surface area contributed by atoms with Gasteiger partial charge in [0.05, 0.1) is 17.9 Å². The van der Waals surface area contributed by atoms with Crippen LogP contribution in [-0.4, -0.2) is 78.9 Å². The number of hydrogen-bond acceptors (Lipinski definition) is 9. The minimum Gasteiger partial charge on any atom is -0.479 e. The Balaban J connectivity index is 0.000000334. The summed E-state index contributed by atoms with van der Waals surface area (Å²) in [5, 5.41) is 46.2. The molecule has 0 aliphatic carbocycles. The summed E-state index contributed by atoms with van der Waals surface area (Å²) in [4.78, 5) is 22.9. The zero-order valence-electron chi connectivity index (χ0n) is 22.0. The summed E-state index contributed by atoms with van der Waals surface area (Å²) in [5.74, 6) is -4.01. The van der Waals surface area contributed by atoms with Gasteiger partial charge in [0.15, 0.2) is 17.3 Å². The quantitative estimate of drug-likeness (QED) is 0.334. The molecule has 1 saturated heterocycles. The van der Waals surface area contributed by atoms with Crippen molar-refractivity contribution in [2.75, 3.05) is 19.7 Å². The Bertz CT molecular complexity index is 1460. The predicted molar refractivity (Wildman–Crippen MR) is 140 cm³/mol. The molecule has 4 N–H and O–H groups in total. The molecule has 4 heterocycles. The molecule has 218 valence electrons. The number of nitriles is 1. The Kier molecular flexibility index (Phi) is 9.15. The zero-order valence-corrected chi connectivity index (χ0v) is 22.8. The van der Waals surface area contributed by atoms with Crippen LogP contribution in [-0.2, 0) is 32.9 Å². The molecule has 2 aliphatic rings. The molecule has 2 aromatic heterocycles. The third-order valence-electron chi connectivity index (χ3n) is 7.14. The summed E-state index contributed by atoms with van der Waals surface area (Å²) in [6.07, 6.45) is -0.309. The summed E-state index contributed by atoms with van der Waals surface area (Å²) < 4.78 is 35.9. The highest BCUT2D eigenvalue weighted by Gasteiger charge is 2.42. The third-order valence-corrected chi connectivity index (χ3v) is 8.29. The van der Waals surface area contributed by atoms with Crippen LogP contribution in [0.15, 0.2) is 30.5 Å². The molecule has 2 aliphatic heterocycles. The lowest BCUT2D eigenvalue weighted by Gasteiger charge is -2.43. The Morgan fingerprint density at radius 1 is 1.20 bits per heavy atom. The van der Waals surface area contributed by atoms with E-state index in [1.807, 2.05) is 19.2 Å². The van der Waals surface area contributed by atoms with Crippen LogP contribution in [0.1, 0.15) is 40.1 Å². The van der Waals surface area contributed by atoms with Crippen molar-refractivity contribution < 1.29 is 43.5 Å². The Morgan fingerprint density at radius 3 is 2.46 bits per heavy atom. The predicted octanol–water partition coefficient (Wildman–Crippen LogP) is 2.33. The summed E-state index contributed by atoms with van der Waals surface area (Å²) in [5.41, 5.74) is 2.96. The molecule has 0 unspecified atom stereocenters. The molecule has 41 heavy (non-hydrogen) atoms. The number of aliphatic hydroxyl groups is 2. The van der Waals surface area contributed by atoms with Crippen LogP contribution in [0, 0.1) is 29.2 Å². The second kappa shape index (κ2) is 12.4. The fraction of sp³-hybridized carbons (Fsp3) is 0.407. The molecular formula is C27H28F2N4O7S. The Hall–Kier alpha value is -3.74. The molecule has 1 aromatic carbocycles. The number of aliphatic hydroxyl groups excluding tert-OH is 2. The third kappa shape index (κ3) is 6.45. The lowest BCUT2D eigenvalue weighted by atomic mass is 9.85. The van der Waals surface area contributed by atoms with E-state index in [1.54, 1.807) is 12.1 Å². The lowest BCUT2D eigenvalue weighted by Crippen LogP contribution is -2.45. The standard InChI is InChI=1S/C23H22F2N4OS.C4H6O6/c1-15-18(14-29(27-15)21-17(12-26)3-2-4-19(21)24)13-28-8-6-23(7-9-28)22-16(5-10-30-23)11-20(25)31-22;5-1(3(7)8)2(6)4(9)10/h2-4,11,14H,5-10,13H2,1H3;1-2,5-6H,(H,7,8)(H,9,10)/t;1-,2-/m.1/s1. The van der Waals surface area contributed by atoms with Crippen LogP contribution in [0.4, 0.5) is 8.78 Å². The first-order valence-corrected chi connectivity index (χ1v) is 13.5. The molecule has 0 radical (unpaired) electrons. The summed E-state index contributed by atoms with van der Waals surface area (Å²) >= 11 is 1.22. The topological polar surface area (TPSA) is 169 Å². The lowest BCUT2D eigenvalue weighted by molar-refractivity contribution is -0.165. The maximum Gasteiger partial charge on any atom is 0.335 e. The molecule has 0 amide bonds. The van der Waals surface area contributed by atoms with Gasteiger partial charge in [-0.25, -0.2) is 18.7 Å². The van der Waals surface area contributed by atoms with E-state index in [0.717, 1.165) is 54.0 Å². The first-order valence-electron chi connectivity index (χ1n) is 12.7. The Morgan fingerprint density at radius 2 is 1.85 bits per heavy atom. The van der Waals surface area contributed by atoms with Crippen molar-refractivity contribution in [3.05, 3.63) is 68.7 Å². The molecule has 1 spiro atoms. The van der Waals surface area contributed by atoms with E-state index in [9.17, 15) is 23.6 Å². The second-order valence-electron chi connectivity index (χ2n) is 9.77. The number of rotatable bonds is 6. The number of thiophene rings is 1. The average molecular weight is 591 g/mol. The van der Waals surface area contributed by atoms with Crippen LogP contribution in [0.5, 0.6) is 0 Å². The van der Waals surface area contributed by atoms with Crippen LogP contribution >= 0.6 is 11.3 Å². The fourth-order valence-corrected chi connectivity index (χ4v) is 6.08. The molecule has 14 heteroatoms. The largest absolute Gasteiger partial charge is 0.479 e. The van der Waals surface area contributed by atoms with Gasteiger partial charge in [0.1, 0.15) is 23.2 Å². The number of para-hydroxylation sites is 1. The van der Waals surface area contributed by atoms with Gasteiger partial charge in [-0.05, 0) is 49.9 Å². The highest BCUT2D eigenvalue weighted by molar-refractivity contribution is 7.10. The first-order chi connectivity index (χ1) is 19.5. The Labute approximate surface area is 237 Å². The molecule has 1 fully saturated rings. The number of halogens is 2. The van der Waals surface area contributed by atoms with Gasteiger partial charge in [-0.3, -0.25) is 4.90 Å². The molecule has 0 saturated carbocycles. The summed E-state index contributed by atoms with van der Waals surface area (Å²) in [7, 11) is 0. The number of likely N-dealkylation sites (tertiary alicyclic amines) is 1. The number of carboxylic acid groups (broad SMARTS) is 2. The van der Waals surface area contributed by atoms with Crippen LogP contribution in [0.25, 0.3) is 5.69 Å². The van der Waals surface area contributed by atoms with Crippen molar-refractivity contribution >= 4 is 23.3 Å². The number of fused-ring (bicyclic) bond motifs is 2. The SMILES string of the molecule is Cc1nn(-c2c(F)cccc2C#N)cc1CN1CCC2(CC1)OCCc1cc(F)sc12.O=C(O)[C@H](O)[C@@H](O)C(=O)O. The number of carboxylic acids is 2. The summed E-state index contributed by atoms with van der Waals surface area (Å²) in [6.45, 7) is 4.87. The molecule has 0 bridgehead atoms. The van der Waals surface area contributed by atoms with Gasteiger partial charge < -0.3 is 25.2 Å². The van der Waals surface area contributed by atoms with Gasteiger partial charge in [-0.15, -0.1) is 11.3 Å². The van der Waals surface area contributed by atoms with E-state index < -0.39 is 30.0 Å². The van der Waals surface area contributed by atoms with E-state index in [1.165, 1.54) is 28.2 Å². The highest BCUT2D eigenvalue weighted by atomic mass is 32.1. The minimum absolute atomic E-state index is 0.134. The molecular weight excluding hydrogens is 562 g/mol. The fourth-order valence-electron chi connectivity index (χ4n) is 4.95. The number of aliphatic carboxylic acids is 2. The van der Waals surface area contributed by atoms with E-state index in [4.69, 9.17) is 25.2 Å². The number of benzene rings is 1. The normalized spacial score (nSPS) is 17.6. The van der Waals surface area contributed by atoms with Gasteiger partial charge in [-0.2, -0.15) is 14.8 Å². The van der Waals surface area contributed by atoms with Crippen LogP contribution in [0.2, 0.25) is 0 Å². The number of carbonyl (C=O) groups is 2. The van der Waals surface area contributed by atoms with E-state index >= 15 is 0 Å². The molecule has 3 aromatic rings. The van der Waals surface area contributed by atoms with Crippen LogP contribution < -0.4 is 0 Å². The van der Waals surface area contributed by atoms with E-state index in [2.05, 4.69) is 10.00 Å². The number of ether oxygens (including phenoxy) is 1. The average Bonchev–Trinajstić information content (AvgIpc) is 3.51. The number of aryl methyl sites for hydroxylation is 1. The molecule has 2 atom stereocenters. The number of aromatic nitrogens is 2. The van der Waals surface area contributed by atoms with Crippen molar-refractivity contribution in [2.24, 2.45) is 0 Å². The van der Waals surface area contributed by atoms with E-state index in [-0.39, 0.29) is 22.0 Å². The monoisotopic (exact) mass is 590 g/mol. The summed E-state index contributed by atoms with van der Waals surface area (Å²) in [6, 6.07) is 8.14. The van der Waals surface area contributed by atoms with Crippen molar-refractivity contribution in [1.82, 2.24) is 14.7 Å². The number of piperidine rings is 1. The smallest absolute Gasteiger partial charge is 0.335 e. The van der Waals surface area contributed by atoms with Crippen LogP contribution in [0.3, 0.4) is 0 Å². The first kappa shape index (κ1) is 30.2.